The number of aryl methyl sites for hydroxylation is 1. The van der Waals surface area contributed by atoms with Crippen molar-refractivity contribution in [2.24, 2.45) is 0 Å². The molecule has 1 fully saturated rings. The van der Waals surface area contributed by atoms with E-state index in [1.165, 1.54) is 10.5 Å². The zero-order valence-corrected chi connectivity index (χ0v) is 21.1. The first-order valence-corrected chi connectivity index (χ1v) is 12.7. The van der Waals surface area contributed by atoms with E-state index in [0.717, 1.165) is 24.8 Å². The van der Waals surface area contributed by atoms with Gasteiger partial charge in [0.2, 0.25) is 11.7 Å². The number of alkyl halides is 3. The second-order valence-electron chi connectivity index (χ2n) is 9.16. The van der Waals surface area contributed by atoms with Gasteiger partial charge in [-0.2, -0.15) is 13.2 Å². The topological polar surface area (TPSA) is 91.9 Å². The number of amides is 1. The number of aromatic nitrogens is 3. The molecule has 8 nitrogen and oxygen atoms in total. The molecule has 3 heterocycles. The fourth-order valence-electron chi connectivity index (χ4n) is 4.56. The van der Waals surface area contributed by atoms with Crippen LogP contribution in [-0.2, 0) is 11.3 Å². The summed E-state index contributed by atoms with van der Waals surface area (Å²) in [4.78, 5) is 32.5. The van der Waals surface area contributed by atoms with Crippen LogP contribution in [0, 0.1) is 0 Å². The molecule has 37 heavy (non-hydrogen) atoms. The minimum absolute atomic E-state index is 0.331. The molecule has 1 amide bonds. The first kappa shape index (κ1) is 27.0. The van der Waals surface area contributed by atoms with E-state index in [1.807, 2.05) is 16.7 Å². The van der Waals surface area contributed by atoms with E-state index in [-0.39, 0.29) is 5.56 Å². The van der Waals surface area contributed by atoms with Crippen LogP contribution in [0.4, 0.5) is 19.0 Å². The van der Waals surface area contributed by atoms with Crippen molar-refractivity contribution in [1.29, 1.82) is 0 Å². The van der Waals surface area contributed by atoms with Gasteiger partial charge in [-0.15, -0.1) is 0 Å². The first-order valence-electron chi connectivity index (χ1n) is 12.3. The maximum atomic E-state index is 13.1. The summed E-state index contributed by atoms with van der Waals surface area (Å²) in [6.07, 6.45) is -2.04. The minimum atomic E-state index is -4.82. The largest absolute Gasteiger partial charge is 0.416 e. The highest BCUT2D eigenvalue weighted by Gasteiger charge is 2.39. The number of anilines is 1. The normalized spacial score (nSPS) is 16.9. The number of aliphatic hydroxyl groups is 1. The van der Waals surface area contributed by atoms with Gasteiger partial charge in [-0.25, -0.2) is 4.98 Å². The predicted molar refractivity (Wildman–Crippen MR) is 135 cm³/mol. The van der Waals surface area contributed by atoms with Crippen molar-refractivity contribution in [3.8, 4) is 11.3 Å². The summed E-state index contributed by atoms with van der Waals surface area (Å²) in [6.45, 7) is 2.14. The number of fused-ring (bicyclic) bond motifs is 1. The van der Waals surface area contributed by atoms with Crippen LogP contribution in [0.1, 0.15) is 39.0 Å². The van der Waals surface area contributed by atoms with Crippen molar-refractivity contribution in [3.05, 3.63) is 51.9 Å². The molecule has 0 bridgehead atoms. The zero-order valence-electron chi connectivity index (χ0n) is 20.3. The van der Waals surface area contributed by atoms with Gasteiger partial charge in [0.1, 0.15) is 11.9 Å². The lowest BCUT2D eigenvalue weighted by molar-refractivity contribution is -0.201. The molecule has 200 valence electrons. The molecule has 1 saturated heterocycles. The standard InChI is InChI=1S/C25H29ClF3N5O3/c1-2-3-4-11-33-21(32-12-5-6-19(32)23(37)30-14-20(35)25(27,28)29)13-22(36)34-15-18(31-24(33)34)16-7-9-17(26)10-8-16/h7-10,13,15,19-20,35H,2-6,11-12,14H2,1H3,(H,30,37)/t19-,20?/m0/s1. The molecule has 4 rings (SSSR count). The monoisotopic (exact) mass is 539 g/mol. The molecule has 1 aliphatic heterocycles. The fourth-order valence-corrected chi connectivity index (χ4v) is 4.69. The van der Waals surface area contributed by atoms with Crippen LogP contribution in [0.3, 0.4) is 0 Å². The minimum Gasteiger partial charge on any atom is -0.382 e. The Balaban J connectivity index is 1.70. The van der Waals surface area contributed by atoms with Gasteiger partial charge in [0.25, 0.3) is 5.56 Å². The third-order valence-electron chi connectivity index (χ3n) is 6.52. The molecule has 0 aliphatic carbocycles. The van der Waals surface area contributed by atoms with E-state index in [1.54, 1.807) is 23.2 Å². The van der Waals surface area contributed by atoms with Crippen molar-refractivity contribution in [1.82, 2.24) is 19.3 Å². The molecule has 1 unspecified atom stereocenters. The van der Waals surface area contributed by atoms with Crippen molar-refractivity contribution < 1.29 is 23.1 Å². The van der Waals surface area contributed by atoms with Crippen LogP contribution in [-0.4, -0.2) is 56.4 Å². The zero-order chi connectivity index (χ0) is 26.7. The Labute approximate surface area is 216 Å². The molecule has 0 spiro atoms. The Bertz CT molecular complexity index is 1310. The molecule has 0 saturated carbocycles. The predicted octanol–water partition coefficient (Wildman–Crippen LogP) is 4.01. The van der Waals surface area contributed by atoms with Crippen molar-refractivity contribution in [2.75, 3.05) is 18.0 Å². The summed E-state index contributed by atoms with van der Waals surface area (Å²) in [5.41, 5.74) is 1.05. The molecule has 2 aromatic heterocycles. The quantitative estimate of drug-likeness (QED) is 0.401. The highest BCUT2D eigenvalue weighted by Crippen LogP contribution is 2.28. The van der Waals surface area contributed by atoms with Crippen LogP contribution >= 0.6 is 11.6 Å². The Hall–Kier alpha value is -3.05. The molecular formula is C25H29ClF3N5O3. The van der Waals surface area contributed by atoms with E-state index in [0.29, 0.717) is 48.2 Å². The molecule has 1 aliphatic rings. The lowest BCUT2D eigenvalue weighted by atomic mass is 10.2. The van der Waals surface area contributed by atoms with Gasteiger partial charge >= 0.3 is 6.18 Å². The number of benzene rings is 1. The van der Waals surface area contributed by atoms with Crippen LogP contribution in [0.2, 0.25) is 5.02 Å². The fraction of sp³-hybridized carbons (Fsp3) is 0.480. The summed E-state index contributed by atoms with van der Waals surface area (Å²) in [5, 5.41) is 12.1. The number of carbonyl (C=O) groups is 1. The van der Waals surface area contributed by atoms with Gasteiger partial charge in [0, 0.05) is 35.9 Å². The number of nitrogens with zero attached hydrogens (tertiary/aromatic N) is 4. The number of halogens is 4. The molecular weight excluding hydrogens is 511 g/mol. The van der Waals surface area contributed by atoms with Gasteiger partial charge in [0.15, 0.2) is 6.10 Å². The van der Waals surface area contributed by atoms with E-state index in [2.05, 4.69) is 12.2 Å². The number of nitrogens with one attached hydrogen (secondary N) is 1. The van der Waals surface area contributed by atoms with Crippen LogP contribution in [0.25, 0.3) is 17.0 Å². The van der Waals surface area contributed by atoms with Gasteiger partial charge in [-0.1, -0.05) is 43.5 Å². The van der Waals surface area contributed by atoms with Gasteiger partial charge < -0.3 is 15.3 Å². The highest BCUT2D eigenvalue weighted by molar-refractivity contribution is 6.30. The second kappa shape index (κ2) is 11.1. The smallest absolute Gasteiger partial charge is 0.382 e. The number of aliphatic hydroxyl groups excluding tert-OH is 1. The van der Waals surface area contributed by atoms with E-state index in [4.69, 9.17) is 16.6 Å². The number of unbranched alkanes of at least 4 members (excludes halogenated alkanes) is 2. The number of rotatable bonds is 9. The van der Waals surface area contributed by atoms with Gasteiger partial charge in [0.05, 0.1) is 12.2 Å². The first-order chi connectivity index (χ1) is 17.6. The van der Waals surface area contributed by atoms with E-state index in [9.17, 15) is 27.9 Å². The van der Waals surface area contributed by atoms with Crippen LogP contribution in [0.15, 0.2) is 41.3 Å². The third-order valence-corrected chi connectivity index (χ3v) is 6.77. The third kappa shape index (κ3) is 5.93. The van der Waals surface area contributed by atoms with Crippen LogP contribution in [0.5, 0.6) is 0 Å². The highest BCUT2D eigenvalue weighted by atomic mass is 35.5. The maximum Gasteiger partial charge on any atom is 0.416 e. The Morgan fingerprint density at radius 1 is 1.27 bits per heavy atom. The van der Waals surface area contributed by atoms with Crippen molar-refractivity contribution in [3.63, 3.8) is 0 Å². The average Bonchev–Trinajstić information content (AvgIpc) is 3.52. The van der Waals surface area contributed by atoms with E-state index >= 15 is 0 Å². The van der Waals surface area contributed by atoms with Crippen molar-refractivity contribution >= 4 is 29.1 Å². The van der Waals surface area contributed by atoms with E-state index < -0.39 is 30.8 Å². The average molecular weight is 540 g/mol. The lowest BCUT2D eigenvalue weighted by Gasteiger charge is -2.29. The molecule has 2 N–H and O–H groups in total. The summed E-state index contributed by atoms with van der Waals surface area (Å²) >= 11 is 6.01. The van der Waals surface area contributed by atoms with Gasteiger partial charge in [-0.05, 0) is 31.4 Å². The van der Waals surface area contributed by atoms with Crippen molar-refractivity contribution in [2.45, 2.75) is 63.9 Å². The van der Waals surface area contributed by atoms with Crippen LogP contribution < -0.4 is 15.8 Å². The number of hydrogen-bond donors (Lipinski definition) is 2. The molecule has 12 heteroatoms. The molecule has 3 aromatic rings. The summed E-state index contributed by atoms with van der Waals surface area (Å²) in [5.74, 6) is 0.288. The molecule has 1 aromatic carbocycles. The summed E-state index contributed by atoms with van der Waals surface area (Å²) in [7, 11) is 0. The molecule has 0 radical (unpaired) electrons. The second-order valence-corrected chi connectivity index (χ2v) is 9.59. The number of imidazole rings is 1. The number of hydrogen-bond acceptors (Lipinski definition) is 5. The number of carbonyl (C=O) groups excluding carboxylic acids is 1. The summed E-state index contributed by atoms with van der Waals surface area (Å²) in [6, 6.07) is 7.78. The maximum absolute atomic E-state index is 13.1. The molecule has 2 atom stereocenters. The Morgan fingerprint density at radius 2 is 2.00 bits per heavy atom. The SMILES string of the molecule is CCCCCn1c(N2CCC[C@H]2C(=O)NCC(O)C(F)(F)F)cc(=O)n2cc(-c3ccc(Cl)cc3)nc12. The lowest BCUT2D eigenvalue weighted by Crippen LogP contribution is -2.48. The summed E-state index contributed by atoms with van der Waals surface area (Å²) < 4.78 is 41.4. The Morgan fingerprint density at radius 3 is 2.68 bits per heavy atom. The Kier molecular flexibility index (Phi) is 8.13. The van der Waals surface area contributed by atoms with Gasteiger partial charge in [-0.3, -0.25) is 18.6 Å².